The molecule has 1 heterocycles. The molecule has 0 saturated carbocycles. The van der Waals surface area contributed by atoms with Gasteiger partial charge in [0.25, 0.3) is 0 Å². The van der Waals surface area contributed by atoms with Crippen molar-refractivity contribution in [1.82, 2.24) is 5.32 Å². The minimum Gasteiger partial charge on any atom is -0.385 e. The topological polar surface area (TPSA) is 41.1 Å². The van der Waals surface area contributed by atoms with E-state index in [0.717, 1.165) is 13.0 Å². The van der Waals surface area contributed by atoms with E-state index in [4.69, 9.17) is 0 Å². The predicted molar refractivity (Wildman–Crippen MR) is 74.6 cm³/mol. The molecule has 2 N–H and O–H groups in total. The van der Waals surface area contributed by atoms with Crippen molar-refractivity contribution < 1.29 is 4.79 Å². The summed E-state index contributed by atoms with van der Waals surface area (Å²) in [5.41, 5.74) is 3.44. The number of hydrogen-bond donors (Lipinski definition) is 2. The van der Waals surface area contributed by atoms with Gasteiger partial charge in [0.2, 0.25) is 5.91 Å². The summed E-state index contributed by atoms with van der Waals surface area (Å²) in [4.78, 5) is 11.9. The Labute approximate surface area is 109 Å². The summed E-state index contributed by atoms with van der Waals surface area (Å²) >= 11 is 0. The molecule has 0 unspecified atom stereocenters. The first-order valence-electron chi connectivity index (χ1n) is 6.61. The second kappa shape index (κ2) is 5.01. The summed E-state index contributed by atoms with van der Waals surface area (Å²) in [6.07, 6.45) is 2.31. The molecule has 1 aromatic carbocycles. The summed E-state index contributed by atoms with van der Waals surface area (Å²) in [6, 6.07) is 6.32. The van der Waals surface area contributed by atoms with Crippen molar-refractivity contribution in [3.63, 3.8) is 0 Å². The molecule has 0 fully saturated rings. The van der Waals surface area contributed by atoms with E-state index in [2.05, 4.69) is 28.8 Å². The Kier molecular flexibility index (Phi) is 3.60. The average Bonchev–Trinajstić information content (AvgIpc) is 2.34. The van der Waals surface area contributed by atoms with Crippen molar-refractivity contribution in [2.24, 2.45) is 5.41 Å². The predicted octanol–water partition coefficient (Wildman–Crippen LogP) is 2.71. The number of amides is 1. The Balaban J connectivity index is 2.08. The van der Waals surface area contributed by atoms with Crippen LogP contribution < -0.4 is 10.6 Å². The summed E-state index contributed by atoms with van der Waals surface area (Å²) in [6.45, 7) is 7.42. The molecule has 1 aliphatic rings. The maximum absolute atomic E-state index is 11.9. The molecule has 0 bridgehead atoms. The van der Waals surface area contributed by atoms with Gasteiger partial charge >= 0.3 is 0 Å². The largest absolute Gasteiger partial charge is 0.385 e. The van der Waals surface area contributed by atoms with Crippen LogP contribution in [0.3, 0.4) is 0 Å². The molecule has 0 aliphatic carbocycles. The van der Waals surface area contributed by atoms with Gasteiger partial charge < -0.3 is 10.6 Å². The Morgan fingerprint density at radius 2 is 2.17 bits per heavy atom. The molecule has 0 radical (unpaired) electrons. The minimum atomic E-state index is -0.331. The van der Waals surface area contributed by atoms with Crippen LogP contribution in [0.5, 0.6) is 0 Å². The molecule has 2 rings (SSSR count). The molecular weight excluding hydrogens is 224 g/mol. The SMILES string of the molecule is CC(C)(C)C(=O)NCc1cccc2c1NCCC2. The van der Waals surface area contributed by atoms with Gasteiger partial charge in [-0.15, -0.1) is 0 Å². The van der Waals surface area contributed by atoms with Gasteiger partial charge in [-0.25, -0.2) is 0 Å². The van der Waals surface area contributed by atoms with Gasteiger partial charge in [-0.1, -0.05) is 39.0 Å². The van der Waals surface area contributed by atoms with E-state index in [9.17, 15) is 4.79 Å². The van der Waals surface area contributed by atoms with Crippen LogP contribution >= 0.6 is 0 Å². The highest BCUT2D eigenvalue weighted by Gasteiger charge is 2.21. The molecule has 0 atom stereocenters. The van der Waals surface area contributed by atoms with Gasteiger partial charge in [-0.3, -0.25) is 4.79 Å². The van der Waals surface area contributed by atoms with E-state index >= 15 is 0 Å². The first kappa shape index (κ1) is 12.9. The van der Waals surface area contributed by atoms with E-state index in [1.165, 1.54) is 23.2 Å². The van der Waals surface area contributed by atoms with Gasteiger partial charge in [-0.05, 0) is 24.0 Å². The van der Waals surface area contributed by atoms with Gasteiger partial charge in [0.15, 0.2) is 0 Å². The molecular formula is C15H22N2O. The van der Waals surface area contributed by atoms with Crippen LogP contribution in [0, 0.1) is 5.41 Å². The molecule has 1 aromatic rings. The smallest absolute Gasteiger partial charge is 0.225 e. The quantitative estimate of drug-likeness (QED) is 0.842. The Morgan fingerprint density at radius 1 is 1.39 bits per heavy atom. The van der Waals surface area contributed by atoms with Gasteiger partial charge in [-0.2, -0.15) is 0 Å². The third kappa shape index (κ3) is 2.84. The number of hydrogen-bond acceptors (Lipinski definition) is 2. The zero-order chi connectivity index (χ0) is 13.2. The molecule has 1 aliphatic heterocycles. The lowest BCUT2D eigenvalue weighted by Crippen LogP contribution is -2.34. The molecule has 18 heavy (non-hydrogen) atoms. The monoisotopic (exact) mass is 246 g/mol. The maximum Gasteiger partial charge on any atom is 0.225 e. The van der Waals surface area contributed by atoms with Crippen LogP contribution in [0.15, 0.2) is 18.2 Å². The molecule has 1 amide bonds. The number of fused-ring (bicyclic) bond motifs is 1. The molecule has 0 aromatic heterocycles. The van der Waals surface area contributed by atoms with Crippen LogP contribution in [0.1, 0.15) is 38.3 Å². The molecule has 3 nitrogen and oxygen atoms in total. The summed E-state index contributed by atoms with van der Waals surface area (Å²) in [5.74, 6) is 0.0934. The fraction of sp³-hybridized carbons (Fsp3) is 0.533. The fourth-order valence-electron chi connectivity index (χ4n) is 2.17. The van der Waals surface area contributed by atoms with Gasteiger partial charge in [0, 0.05) is 24.2 Å². The first-order valence-corrected chi connectivity index (χ1v) is 6.61. The number of benzene rings is 1. The zero-order valence-electron chi connectivity index (χ0n) is 11.5. The van der Waals surface area contributed by atoms with E-state index in [0.29, 0.717) is 6.54 Å². The highest BCUT2D eigenvalue weighted by Crippen LogP contribution is 2.26. The van der Waals surface area contributed by atoms with Crippen molar-refractivity contribution in [3.8, 4) is 0 Å². The summed E-state index contributed by atoms with van der Waals surface area (Å²) in [5, 5.41) is 6.45. The number of aryl methyl sites for hydroxylation is 1. The van der Waals surface area contributed by atoms with Crippen molar-refractivity contribution in [3.05, 3.63) is 29.3 Å². The second-order valence-electron chi connectivity index (χ2n) is 5.91. The van der Waals surface area contributed by atoms with Crippen LogP contribution in [0.25, 0.3) is 0 Å². The highest BCUT2D eigenvalue weighted by atomic mass is 16.2. The summed E-state index contributed by atoms with van der Waals surface area (Å²) in [7, 11) is 0. The van der Waals surface area contributed by atoms with E-state index in [1.54, 1.807) is 0 Å². The zero-order valence-corrected chi connectivity index (χ0v) is 11.5. The Morgan fingerprint density at radius 3 is 2.89 bits per heavy atom. The van der Waals surface area contributed by atoms with Crippen LogP contribution in [0.4, 0.5) is 5.69 Å². The summed E-state index contributed by atoms with van der Waals surface area (Å²) < 4.78 is 0. The minimum absolute atomic E-state index is 0.0934. The van der Waals surface area contributed by atoms with Crippen LogP contribution in [-0.4, -0.2) is 12.5 Å². The Hall–Kier alpha value is -1.51. The van der Waals surface area contributed by atoms with Crippen LogP contribution in [0.2, 0.25) is 0 Å². The second-order valence-corrected chi connectivity index (χ2v) is 5.91. The first-order chi connectivity index (χ1) is 8.48. The lowest BCUT2D eigenvalue weighted by Gasteiger charge is -2.23. The lowest BCUT2D eigenvalue weighted by atomic mass is 9.95. The van der Waals surface area contributed by atoms with E-state index < -0.39 is 0 Å². The number of para-hydroxylation sites is 1. The molecule has 3 heteroatoms. The van der Waals surface area contributed by atoms with Gasteiger partial charge in [0.1, 0.15) is 0 Å². The number of rotatable bonds is 2. The maximum atomic E-state index is 11.9. The highest BCUT2D eigenvalue weighted by molar-refractivity contribution is 5.81. The van der Waals surface area contributed by atoms with Crippen molar-refractivity contribution in [2.45, 2.75) is 40.2 Å². The number of carbonyl (C=O) groups excluding carboxylic acids is 1. The number of carbonyl (C=O) groups is 1. The van der Waals surface area contributed by atoms with E-state index in [1.807, 2.05) is 20.8 Å². The lowest BCUT2D eigenvalue weighted by molar-refractivity contribution is -0.128. The molecule has 0 spiro atoms. The van der Waals surface area contributed by atoms with Crippen molar-refractivity contribution >= 4 is 11.6 Å². The Bertz CT molecular complexity index is 446. The van der Waals surface area contributed by atoms with Crippen molar-refractivity contribution in [2.75, 3.05) is 11.9 Å². The van der Waals surface area contributed by atoms with Crippen molar-refractivity contribution in [1.29, 1.82) is 0 Å². The standard InChI is InChI=1S/C15H22N2O/c1-15(2,3)14(18)17-10-12-7-4-6-11-8-5-9-16-13(11)12/h4,6-7,16H,5,8-10H2,1-3H3,(H,17,18). The third-order valence-corrected chi connectivity index (χ3v) is 3.28. The van der Waals surface area contributed by atoms with Gasteiger partial charge in [0.05, 0.1) is 0 Å². The third-order valence-electron chi connectivity index (χ3n) is 3.28. The normalized spacial score (nSPS) is 14.6. The van der Waals surface area contributed by atoms with E-state index in [-0.39, 0.29) is 11.3 Å². The average molecular weight is 246 g/mol. The molecule has 98 valence electrons. The number of anilines is 1. The molecule has 0 saturated heterocycles. The fourth-order valence-corrected chi connectivity index (χ4v) is 2.17. The number of nitrogens with one attached hydrogen (secondary N) is 2. The van der Waals surface area contributed by atoms with Crippen LogP contribution in [-0.2, 0) is 17.8 Å².